The molecule has 0 aliphatic carbocycles. The van der Waals surface area contributed by atoms with Gasteiger partial charge >= 0.3 is 0 Å². The van der Waals surface area contributed by atoms with Crippen molar-refractivity contribution in [2.45, 2.75) is 13.0 Å². The molecule has 0 spiro atoms. The highest BCUT2D eigenvalue weighted by Crippen LogP contribution is 2.24. The fourth-order valence-electron chi connectivity index (χ4n) is 2.00. The van der Waals surface area contributed by atoms with E-state index in [0.29, 0.717) is 0 Å². The maximum absolute atomic E-state index is 5.10. The average molecular weight is 218 g/mol. The number of rotatable bonds is 4. The Morgan fingerprint density at radius 1 is 1.38 bits per heavy atom. The van der Waals surface area contributed by atoms with E-state index in [4.69, 9.17) is 4.74 Å². The quantitative estimate of drug-likeness (QED) is 0.773. The van der Waals surface area contributed by atoms with Gasteiger partial charge in [-0.3, -0.25) is 4.99 Å². The fourth-order valence-corrected chi connectivity index (χ4v) is 2.00. The van der Waals surface area contributed by atoms with Crippen LogP contribution in [-0.2, 0) is 4.74 Å². The molecule has 0 amide bonds. The van der Waals surface area contributed by atoms with Crippen LogP contribution in [0.3, 0.4) is 0 Å². The van der Waals surface area contributed by atoms with E-state index in [-0.39, 0.29) is 6.04 Å². The van der Waals surface area contributed by atoms with Crippen LogP contribution in [0.15, 0.2) is 35.3 Å². The van der Waals surface area contributed by atoms with Crippen LogP contribution < -0.4 is 0 Å². The zero-order valence-electron chi connectivity index (χ0n) is 9.89. The van der Waals surface area contributed by atoms with E-state index >= 15 is 0 Å². The first-order valence-corrected chi connectivity index (χ1v) is 5.64. The molecule has 1 aromatic rings. The molecule has 0 saturated carbocycles. The summed E-state index contributed by atoms with van der Waals surface area (Å²) in [6.07, 6.45) is 0. The minimum absolute atomic E-state index is 0.290. The number of aliphatic imine (C=N–C) groups is 1. The Morgan fingerprint density at radius 3 is 2.81 bits per heavy atom. The second-order valence-corrected chi connectivity index (χ2v) is 4.04. The van der Waals surface area contributed by atoms with Crippen molar-refractivity contribution in [2.75, 3.05) is 26.8 Å². The summed E-state index contributed by atoms with van der Waals surface area (Å²) in [6.45, 7) is 4.72. The Hall–Kier alpha value is -1.35. The third kappa shape index (κ3) is 2.42. The van der Waals surface area contributed by atoms with Crippen LogP contribution in [0.25, 0.3) is 0 Å². The number of nitrogens with zero attached hydrogens (tertiary/aromatic N) is 2. The summed E-state index contributed by atoms with van der Waals surface area (Å²) in [7, 11) is 1.73. The summed E-state index contributed by atoms with van der Waals surface area (Å²) in [6, 6.07) is 10.7. The second-order valence-electron chi connectivity index (χ2n) is 4.04. The van der Waals surface area contributed by atoms with E-state index in [1.807, 2.05) is 6.07 Å². The normalized spacial score (nSPS) is 20.0. The monoisotopic (exact) mass is 218 g/mol. The van der Waals surface area contributed by atoms with Gasteiger partial charge in [-0.25, -0.2) is 0 Å². The largest absolute Gasteiger partial charge is 0.383 e. The zero-order valence-corrected chi connectivity index (χ0v) is 9.89. The third-order valence-electron chi connectivity index (χ3n) is 2.94. The van der Waals surface area contributed by atoms with Gasteiger partial charge in [0.15, 0.2) is 0 Å². The van der Waals surface area contributed by atoms with Crippen molar-refractivity contribution in [3.05, 3.63) is 35.9 Å². The van der Waals surface area contributed by atoms with Crippen molar-refractivity contribution in [3.8, 4) is 0 Å². The molecule has 1 heterocycles. The molecule has 86 valence electrons. The second kappa shape index (κ2) is 5.12. The lowest BCUT2D eigenvalue weighted by molar-refractivity contribution is 0.177. The molecule has 0 radical (unpaired) electrons. The van der Waals surface area contributed by atoms with Gasteiger partial charge < -0.3 is 9.64 Å². The fraction of sp³-hybridized carbons (Fsp3) is 0.462. The Kier molecular flexibility index (Phi) is 3.57. The minimum Gasteiger partial charge on any atom is -0.383 e. The van der Waals surface area contributed by atoms with Gasteiger partial charge in [-0.05, 0) is 12.5 Å². The van der Waals surface area contributed by atoms with Crippen molar-refractivity contribution in [1.82, 2.24) is 4.90 Å². The van der Waals surface area contributed by atoms with E-state index in [0.717, 1.165) is 25.5 Å². The van der Waals surface area contributed by atoms with Crippen LogP contribution >= 0.6 is 0 Å². The minimum atomic E-state index is 0.290. The summed E-state index contributed by atoms with van der Waals surface area (Å²) in [5.74, 6) is 1.12. The zero-order chi connectivity index (χ0) is 11.4. The summed E-state index contributed by atoms with van der Waals surface area (Å²) >= 11 is 0. The Bertz CT molecular complexity index is 361. The summed E-state index contributed by atoms with van der Waals surface area (Å²) in [4.78, 5) is 6.96. The maximum atomic E-state index is 5.10. The number of hydrogen-bond donors (Lipinski definition) is 0. The van der Waals surface area contributed by atoms with Gasteiger partial charge in [0.25, 0.3) is 0 Å². The molecule has 1 aliphatic heterocycles. The van der Waals surface area contributed by atoms with Crippen molar-refractivity contribution in [2.24, 2.45) is 4.99 Å². The Labute approximate surface area is 96.7 Å². The third-order valence-corrected chi connectivity index (χ3v) is 2.94. The van der Waals surface area contributed by atoms with Gasteiger partial charge in [0.05, 0.1) is 18.5 Å². The molecule has 2 rings (SSSR count). The average Bonchev–Trinajstić information content (AvgIpc) is 2.69. The SMILES string of the molecule is COCCN1CC(c2ccccc2)N=C1C. The summed E-state index contributed by atoms with van der Waals surface area (Å²) < 4.78 is 5.10. The molecule has 1 atom stereocenters. The molecule has 3 nitrogen and oxygen atoms in total. The molecule has 0 bridgehead atoms. The van der Waals surface area contributed by atoms with Gasteiger partial charge in [0.2, 0.25) is 0 Å². The van der Waals surface area contributed by atoms with E-state index in [1.165, 1.54) is 5.56 Å². The molecule has 0 N–H and O–H groups in total. The highest BCUT2D eigenvalue weighted by atomic mass is 16.5. The molecule has 0 aromatic heterocycles. The molecule has 3 heteroatoms. The predicted molar refractivity (Wildman–Crippen MR) is 65.7 cm³/mol. The van der Waals surface area contributed by atoms with Crippen LogP contribution in [-0.4, -0.2) is 37.5 Å². The lowest BCUT2D eigenvalue weighted by Gasteiger charge is -2.18. The van der Waals surface area contributed by atoms with Gasteiger partial charge in [-0.2, -0.15) is 0 Å². The number of ether oxygens (including phenoxy) is 1. The van der Waals surface area contributed by atoms with Crippen LogP contribution in [0.1, 0.15) is 18.5 Å². The standard InChI is InChI=1S/C13H18N2O/c1-11-14-13(10-15(11)8-9-16-2)12-6-4-3-5-7-12/h3-7,13H,8-10H2,1-2H3. The Morgan fingerprint density at radius 2 is 2.12 bits per heavy atom. The lowest BCUT2D eigenvalue weighted by Crippen LogP contribution is -2.29. The van der Waals surface area contributed by atoms with Gasteiger partial charge in [-0.1, -0.05) is 30.3 Å². The maximum Gasteiger partial charge on any atom is 0.0967 e. The molecule has 1 unspecified atom stereocenters. The van der Waals surface area contributed by atoms with Crippen molar-refractivity contribution in [1.29, 1.82) is 0 Å². The smallest absolute Gasteiger partial charge is 0.0967 e. The first-order valence-electron chi connectivity index (χ1n) is 5.64. The van der Waals surface area contributed by atoms with E-state index in [2.05, 4.69) is 41.1 Å². The molecule has 16 heavy (non-hydrogen) atoms. The predicted octanol–water partition coefficient (Wildman–Crippen LogP) is 2.11. The highest BCUT2D eigenvalue weighted by molar-refractivity contribution is 5.81. The van der Waals surface area contributed by atoms with Crippen molar-refractivity contribution >= 4 is 5.84 Å². The van der Waals surface area contributed by atoms with Crippen LogP contribution in [0.2, 0.25) is 0 Å². The van der Waals surface area contributed by atoms with E-state index in [9.17, 15) is 0 Å². The van der Waals surface area contributed by atoms with Crippen molar-refractivity contribution in [3.63, 3.8) is 0 Å². The van der Waals surface area contributed by atoms with Gasteiger partial charge in [0.1, 0.15) is 0 Å². The number of benzene rings is 1. The van der Waals surface area contributed by atoms with Crippen LogP contribution in [0, 0.1) is 0 Å². The van der Waals surface area contributed by atoms with Gasteiger partial charge in [0, 0.05) is 20.2 Å². The van der Waals surface area contributed by atoms with Crippen LogP contribution in [0.5, 0.6) is 0 Å². The molecular formula is C13H18N2O. The van der Waals surface area contributed by atoms with E-state index < -0.39 is 0 Å². The van der Waals surface area contributed by atoms with Crippen LogP contribution in [0.4, 0.5) is 0 Å². The summed E-state index contributed by atoms with van der Waals surface area (Å²) in [5.41, 5.74) is 1.29. The molecular weight excluding hydrogens is 200 g/mol. The molecule has 0 saturated heterocycles. The first-order chi connectivity index (χ1) is 7.81. The Balaban J connectivity index is 2.01. The molecule has 1 aromatic carbocycles. The molecule has 1 aliphatic rings. The van der Waals surface area contributed by atoms with Gasteiger partial charge in [-0.15, -0.1) is 0 Å². The number of methoxy groups -OCH3 is 1. The first kappa shape index (κ1) is 11.1. The highest BCUT2D eigenvalue weighted by Gasteiger charge is 2.22. The lowest BCUT2D eigenvalue weighted by atomic mass is 10.1. The summed E-state index contributed by atoms with van der Waals surface area (Å²) in [5, 5.41) is 0. The number of hydrogen-bond acceptors (Lipinski definition) is 3. The van der Waals surface area contributed by atoms with E-state index in [1.54, 1.807) is 7.11 Å². The topological polar surface area (TPSA) is 24.8 Å². The van der Waals surface area contributed by atoms with Crippen molar-refractivity contribution < 1.29 is 4.74 Å². The number of amidine groups is 1. The molecule has 0 fully saturated rings.